The Morgan fingerprint density at radius 2 is 2.09 bits per heavy atom. The van der Waals surface area contributed by atoms with Gasteiger partial charge < -0.3 is 9.15 Å². The van der Waals surface area contributed by atoms with Gasteiger partial charge in [-0.15, -0.1) is 11.3 Å². The van der Waals surface area contributed by atoms with Gasteiger partial charge in [0.1, 0.15) is 22.2 Å². The Hall–Kier alpha value is -3.07. The van der Waals surface area contributed by atoms with Gasteiger partial charge in [-0.25, -0.2) is 9.98 Å². The second kappa shape index (κ2) is 8.82. The van der Waals surface area contributed by atoms with Gasteiger partial charge in [-0.2, -0.15) is 0 Å². The zero-order valence-corrected chi connectivity index (χ0v) is 19.2. The van der Waals surface area contributed by atoms with Crippen LogP contribution in [0.5, 0.6) is 5.75 Å². The highest BCUT2D eigenvalue weighted by Gasteiger charge is 2.33. The average Bonchev–Trinajstić information content (AvgIpc) is 3.52. The Morgan fingerprint density at radius 3 is 2.84 bits per heavy atom. The van der Waals surface area contributed by atoms with E-state index >= 15 is 0 Å². The topological polar surface area (TPSA) is 67.9 Å². The molecule has 2 aromatic carbocycles. The molecule has 2 aromatic heterocycles. The fourth-order valence-electron chi connectivity index (χ4n) is 3.23. The minimum Gasteiger partial charge on any atom is -0.495 e. The number of anilines is 1. The number of hydrogen-bond acceptors (Lipinski definition) is 7. The van der Waals surface area contributed by atoms with Gasteiger partial charge in [-0.05, 0) is 42.5 Å². The first-order valence-electron chi connectivity index (χ1n) is 9.61. The van der Waals surface area contributed by atoms with Crippen LogP contribution in [0.15, 0.2) is 76.0 Å². The van der Waals surface area contributed by atoms with Gasteiger partial charge in [0.05, 0.1) is 40.1 Å². The number of aliphatic imine (C=N–C) groups is 1. The number of carbonyl (C=O) groups excluding carboxylic acids is 1. The first kappa shape index (κ1) is 20.8. The highest BCUT2D eigenvalue weighted by molar-refractivity contribution is 8.13. The SMILES string of the molecule is COc1ccc(N2C(=O)C(=Cc3ccco3)N=C2SCc2nc3ccccc3s2)cc1Cl. The number of furan rings is 1. The number of hydrogen-bond donors (Lipinski definition) is 0. The predicted molar refractivity (Wildman–Crippen MR) is 131 cm³/mol. The number of nitrogens with zero attached hydrogens (tertiary/aromatic N) is 3. The lowest BCUT2D eigenvalue weighted by Crippen LogP contribution is -2.30. The molecular formula is C23H16ClN3O3S2. The van der Waals surface area contributed by atoms with E-state index in [9.17, 15) is 4.79 Å². The Bertz CT molecular complexity index is 1330. The molecule has 0 radical (unpaired) electrons. The number of amides is 1. The molecule has 32 heavy (non-hydrogen) atoms. The number of amidine groups is 1. The summed E-state index contributed by atoms with van der Waals surface area (Å²) in [4.78, 5) is 24.1. The molecule has 4 aromatic rings. The van der Waals surface area contributed by atoms with Crippen LogP contribution in [-0.4, -0.2) is 23.2 Å². The number of carbonyl (C=O) groups is 1. The quantitative estimate of drug-likeness (QED) is 0.316. The highest BCUT2D eigenvalue weighted by atomic mass is 35.5. The molecule has 0 saturated heterocycles. The van der Waals surface area contributed by atoms with Crippen LogP contribution in [0.3, 0.4) is 0 Å². The van der Waals surface area contributed by atoms with E-state index < -0.39 is 0 Å². The Labute approximate surface area is 197 Å². The van der Waals surface area contributed by atoms with Crippen molar-refractivity contribution in [2.75, 3.05) is 12.0 Å². The molecule has 0 atom stereocenters. The van der Waals surface area contributed by atoms with Gasteiger partial charge in [0.15, 0.2) is 5.17 Å². The number of para-hydroxylation sites is 1. The van der Waals surface area contributed by atoms with Crippen LogP contribution < -0.4 is 9.64 Å². The van der Waals surface area contributed by atoms with Crippen molar-refractivity contribution in [2.45, 2.75) is 5.75 Å². The van der Waals surface area contributed by atoms with E-state index in [1.54, 1.807) is 66.0 Å². The van der Waals surface area contributed by atoms with Crippen molar-refractivity contribution in [3.8, 4) is 5.75 Å². The maximum atomic E-state index is 13.3. The van der Waals surface area contributed by atoms with Crippen LogP contribution in [0, 0.1) is 0 Å². The number of halogens is 1. The van der Waals surface area contributed by atoms with Crippen LogP contribution in [0.1, 0.15) is 10.8 Å². The zero-order valence-electron chi connectivity index (χ0n) is 16.8. The molecule has 0 spiro atoms. The second-order valence-electron chi connectivity index (χ2n) is 6.76. The van der Waals surface area contributed by atoms with Crippen molar-refractivity contribution in [1.29, 1.82) is 0 Å². The third kappa shape index (κ3) is 4.04. The standard InChI is InChI=1S/C23H16ClN3O3S2/c1-29-19-9-8-14(11-16(19)24)27-22(28)18(12-15-5-4-10-30-15)26-23(27)31-13-21-25-17-6-2-3-7-20(17)32-21/h2-12H,13H2,1H3. The van der Waals surface area contributed by atoms with Gasteiger partial charge in [0.2, 0.25) is 0 Å². The minimum atomic E-state index is -0.255. The fraction of sp³-hybridized carbons (Fsp3) is 0.0870. The molecule has 160 valence electrons. The van der Waals surface area contributed by atoms with E-state index in [1.807, 2.05) is 24.3 Å². The molecule has 0 aliphatic carbocycles. The molecule has 9 heteroatoms. The lowest BCUT2D eigenvalue weighted by Gasteiger charge is -2.18. The molecule has 0 bridgehead atoms. The molecule has 1 amide bonds. The minimum absolute atomic E-state index is 0.255. The van der Waals surface area contributed by atoms with Crippen LogP contribution in [0.4, 0.5) is 5.69 Å². The molecular weight excluding hydrogens is 466 g/mol. The number of aromatic nitrogens is 1. The van der Waals surface area contributed by atoms with Crippen LogP contribution in [-0.2, 0) is 10.5 Å². The number of benzene rings is 2. The van der Waals surface area contributed by atoms with Crippen LogP contribution in [0.25, 0.3) is 16.3 Å². The molecule has 6 nitrogen and oxygen atoms in total. The molecule has 0 unspecified atom stereocenters. The smallest absolute Gasteiger partial charge is 0.283 e. The zero-order chi connectivity index (χ0) is 22.1. The maximum Gasteiger partial charge on any atom is 0.283 e. The fourth-order valence-corrected chi connectivity index (χ4v) is 5.46. The summed E-state index contributed by atoms with van der Waals surface area (Å²) in [6.45, 7) is 0. The second-order valence-corrected chi connectivity index (χ2v) is 9.23. The number of fused-ring (bicyclic) bond motifs is 1. The van der Waals surface area contributed by atoms with Gasteiger partial charge in [0, 0.05) is 6.08 Å². The van der Waals surface area contributed by atoms with E-state index in [4.69, 9.17) is 20.8 Å². The lowest BCUT2D eigenvalue weighted by molar-refractivity contribution is -0.113. The summed E-state index contributed by atoms with van der Waals surface area (Å²) in [5, 5.41) is 1.92. The van der Waals surface area contributed by atoms with Crippen LogP contribution >= 0.6 is 34.7 Å². The Kier molecular flexibility index (Phi) is 5.73. The summed E-state index contributed by atoms with van der Waals surface area (Å²) in [7, 11) is 1.55. The Balaban J connectivity index is 1.47. The summed E-state index contributed by atoms with van der Waals surface area (Å²) < 4.78 is 11.7. The number of methoxy groups -OCH3 is 1. The van der Waals surface area contributed by atoms with Gasteiger partial charge in [-0.1, -0.05) is 35.5 Å². The number of ether oxygens (including phenoxy) is 1. The van der Waals surface area contributed by atoms with Gasteiger partial charge in [0.25, 0.3) is 5.91 Å². The number of thiazole rings is 1. The van der Waals surface area contributed by atoms with E-state index in [-0.39, 0.29) is 5.91 Å². The average molecular weight is 482 g/mol. The summed E-state index contributed by atoms with van der Waals surface area (Å²) in [5.41, 5.74) is 1.87. The van der Waals surface area contributed by atoms with E-state index in [2.05, 4.69) is 9.98 Å². The predicted octanol–water partition coefficient (Wildman–Crippen LogP) is 6.23. The molecule has 1 aliphatic rings. The summed E-state index contributed by atoms with van der Waals surface area (Å²) >= 11 is 9.41. The van der Waals surface area contributed by atoms with Crippen molar-refractivity contribution in [3.05, 3.63) is 82.3 Å². The first-order valence-corrected chi connectivity index (χ1v) is 11.8. The largest absolute Gasteiger partial charge is 0.495 e. The Morgan fingerprint density at radius 1 is 1.22 bits per heavy atom. The number of thioether (sulfide) groups is 1. The van der Waals surface area contributed by atoms with Crippen molar-refractivity contribution < 1.29 is 13.9 Å². The summed E-state index contributed by atoms with van der Waals surface area (Å²) in [6, 6.07) is 16.8. The first-order chi connectivity index (χ1) is 15.6. The van der Waals surface area contributed by atoms with E-state index in [0.717, 1.165) is 15.2 Å². The highest BCUT2D eigenvalue weighted by Crippen LogP contribution is 2.35. The molecule has 5 rings (SSSR count). The van der Waals surface area contributed by atoms with Crippen molar-refractivity contribution >= 4 is 67.8 Å². The van der Waals surface area contributed by atoms with Crippen molar-refractivity contribution in [3.63, 3.8) is 0 Å². The molecule has 1 aliphatic heterocycles. The van der Waals surface area contributed by atoms with Crippen LogP contribution in [0.2, 0.25) is 5.02 Å². The van der Waals surface area contributed by atoms with E-state index in [1.165, 1.54) is 11.8 Å². The van der Waals surface area contributed by atoms with Crippen molar-refractivity contribution in [2.24, 2.45) is 4.99 Å². The molecule has 3 heterocycles. The summed E-state index contributed by atoms with van der Waals surface area (Å²) in [5.74, 6) is 1.42. The lowest BCUT2D eigenvalue weighted by atomic mass is 10.2. The molecule has 0 fully saturated rings. The summed E-state index contributed by atoms with van der Waals surface area (Å²) in [6.07, 6.45) is 3.19. The number of rotatable bonds is 5. The molecule has 0 saturated carbocycles. The monoisotopic (exact) mass is 481 g/mol. The molecule has 0 N–H and O–H groups in total. The third-order valence-corrected chi connectivity index (χ3v) is 7.17. The van der Waals surface area contributed by atoms with Gasteiger partial charge >= 0.3 is 0 Å². The maximum absolute atomic E-state index is 13.3. The third-order valence-electron chi connectivity index (χ3n) is 4.71. The van der Waals surface area contributed by atoms with E-state index in [0.29, 0.717) is 38.8 Å². The van der Waals surface area contributed by atoms with Crippen molar-refractivity contribution in [1.82, 2.24) is 4.98 Å². The van der Waals surface area contributed by atoms with Gasteiger partial charge in [-0.3, -0.25) is 9.69 Å². The normalized spacial score (nSPS) is 15.1.